The van der Waals surface area contributed by atoms with Crippen molar-refractivity contribution in [3.8, 4) is 0 Å². The molecule has 0 atom stereocenters. The van der Waals surface area contributed by atoms with Gasteiger partial charge in [-0.25, -0.2) is 4.98 Å². The number of halogens is 3. The standard InChI is InChI=1S/C12H7F3N2O2S/c13-12(14,15)6-1-2-8-9(3-6)20-11-16-7(4-10(18)19)5-17(8)11/h1-3,5H,4H2,(H,18,19). The van der Waals surface area contributed by atoms with E-state index in [1.165, 1.54) is 12.3 Å². The van der Waals surface area contributed by atoms with Crippen LogP contribution in [0.5, 0.6) is 0 Å². The Morgan fingerprint density at radius 2 is 2.15 bits per heavy atom. The van der Waals surface area contributed by atoms with Gasteiger partial charge in [-0.2, -0.15) is 13.2 Å². The van der Waals surface area contributed by atoms with E-state index in [4.69, 9.17) is 5.11 Å². The zero-order valence-corrected chi connectivity index (χ0v) is 10.6. The first kappa shape index (κ1) is 12.9. The highest BCUT2D eigenvalue weighted by Gasteiger charge is 2.30. The average molecular weight is 300 g/mol. The van der Waals surface area contributed by atoms with Gasteiger partial charge in [0.2, 0.25) is 0 Å². The van der Waals surface area contributed by atoms with Gasteiger partial charge in [0.15, 0.2) is 4.96 Å². The Morgan fingerprint density at radius 1 is 1.40 bits per heavy atom. The number of aromatic nitrogens is 2. The van der Waals surface area contributed by atoms with Crippen LogP contribution in [0.1, 0.15) is 11.3 Å². The number of alkyl halides is 3. The highest BCUT2D eigenvalue weighted by Crippen LogP contribution is 2.34. The van der Waals surface area contributed by atoms with Crippen molar-refractivity contribution in [2.24, 2.45) is 0 Å². The molecule has 0 saturated carbocycles. The minimum Gasteiger partial charge on any atom is -0.481 e. The maximum absolute atomic E-state index is 12.6. The Kier molecular flexibility index (Phi) is 2.72. The summed E-state index contributed by atoms with van der Waals surface area (Å²) in [5.74, 6) is -1.00. The molecule has 2 aromatic heterocycles. The van der Waals surface area contributed by atoms with Crippen LogP contribution in [-0.4, -0.2) is 20.5 Å². The summed E-state index contributed by atoms with van der Waals surface area (Å²) in [5.41, 5.74) is 0.257. The monoisotopic (exact) mass is 300 g/mol. The molecule has 3 rings (SSSR count). The lowest BCUT2D eigenvalue weighted by molar-refractivity contribution is -0.138. The van der Waals surface area contributed by atoms with Gasteiger partial charge in [0.05, 0.1) is 27.9 Å². The van der Waals surface area contributed by atoms with Gasteiger partial charge < -0.3 is 5.11 Å². The van der Waals surface area contributed by atoms with Crippen LogP contribution in [0.15, 0.2) is 24.4 Å². The van der Waals surface area contributed by atoms with Crippen molar-refractivity contribution in [3.05, 3.63) is 35.7 Å². The maximum atomic E-state index is 12.6. The third-order valence-electron chi connectivity index (χ3n) is 2.80. The Morgan fingerprint density at radius 3 is 2.80 bits per heavy atom. The summed E-state index contributed by atoms with van der Waals surface area (Å²) < 4.78 is 39.9. The Labute approximate surface area is 114 Å². The summed E-state index contributed by atoms with van der Waals surface area (Å²) in [7, 11) is 0. The number of benzene rings is 1. The fraction of sp³-hybridized carbons (Fsp3) is 0.167. The lowest BCUT2D eigenvalue weighted by Gasteiger charge is -2.05. The van der Waals surface area contributed by atoms with Crippen molar-refractivity contribution < 1.29 is 23.1 Å². The third-order valence-corrected chi connectivity index (χ3v) is 3.82. The van der Waals surface area contributed by atoms with Gasteiger partial charge in [0.25, 0.3) is 0 Å². The summed E-state index contributed by atoms with van der Waals surface area (Å²) in [6.07, 6.45) is -3.05. The summed E-state index contributed by atoms with van der Waals surface area (Å²) >= 11 is 1.10. The number of fused-ring (bicyclic) bond motifs is 3. The number of thiazole rings is 1. The smallest absolute Gasteiger partial charge is 0.416 e. The van der Waals surface area contributed by atoms with E-state index in [2.05, 4.69) is 4.98 Å². The highest BCUT2D eigenvalue weighted by molar-refractivity contribution is 7.23. The molecule has 0 bridgehead atoms. The first-order chi connectivity index (χ1) is 9.34. The van der Waals surface area contributed by atoms with Crippen LogP contribution >= 0.6 is 11.3 Å². The van der Waals surface area contributed by atoms with Gasteiger partial charge in [-0.15, -0.1) is 0 Å². The number of imidazole rings is 1. The molecule has 104 valence electrons. The Balaban J connectivity index is 2.13. The van der Waals surface area contributed by atoms with E-state index in [9.17, 15) is 18.0 Å². The lowest BCUT2D eigenvalue weighted by Crippen LogP contribution is -2.03. The van der Waals surface area contributed by atoms with Crippen LogP contribution < -0.4 is 0 Å². The second-order valence-corrected chi connectivity index (χ2v) is 5.25. The average Bonchev–Trinajstić information content (AvgIpc) is 2.82. The quantitative estimate of drug-likeness (QED) is 0.790. The number of aliphatic carboxylic acids is 1. The van der Waals surface area contributed by atoms with Crippen LogP contribution in [0.4, 0.5) is 13.2 Å². The van der Waals surface area contributed by atoms with E-state index >= 15 is 0 Å². The molecule has 0 unspecified atom stereocenters. The lowest BCUT2D eigenvalue weighted by atomic mass is 10.2. The number of nitrogens with zero attached hydrogens (tertiary/aromatic N) is 2. The normalized spacial score (nSPS) is 12.3. The van der Waals surface area contributed by atoms with Crippen molar-refractivity contribution in [1.82, 2.24) is 9.38 Å². The fourth-order valence-electron chi connectivity index (χ4n) is 1.96. The summed E-state index contributed by atoms with van der Waals surface area (Å²) in [4.78, 5) is 15.2. The molecule has 1 aromatic carbocycles. The van der Waals surface area contributed by atoms with Gasteiger partial charge in [0.1, 0.15) is 0 Å². The molecule has 2 heterocycles. The van der Waals surface area contributed by atoms with Crippen molar-refractivity contribution in [2.45, 2.75) is 12.6 Å². The van der Waals surface area contributed by atoms with Gasteiger partial charge in [-0.05, 0) is 18.2 Å². The first-order valence-electron chi connectivity index (χ1n) is 5.54. The maximum Gasteiger partial charge on any atom is 0.416 e. The zero-order chi connectivity index (χ0) is 14.5. The van der Waals surface area contributed by atoms with Crippen molar-refractivity contribution >= 4 is 32.5 Å². The molecular formula is C12H7F3N2O2S. The molecule has 0 spiro atoms. The molecule has 0 fully saturated rings. The van der Waals surface area contributed by atoms with Gasteiger partial charge in [-0.3, -0.25) is 9.20 Å². The zero-order valence-electron chi connectivity index (χ0n) is 9.81. The number of carbonyl (C=O) groups is 1. The van der Waals surface area contributed by atoms with Crippen molar-refractivity contribution in [3.63, 3.8) is 0 Å². The van der Waals surface area contributed by atoms with E-state index in [0.29, 0.717) is 20.9 Å². The number of hydrogen-bond acceptors (Lipinski definition) is 3. The minimum absolute atomic E-state index is 0.212. The number of hydrogen-bond donors (Lipinski definition) is 1. The molecule has 0 aliphatic heterocycles. The van der Waals surface area contributed by atoms with E-state index in [-0.39, 0.29) is 6.42 Å². The molecule has 8 heteroatoms. The van der Waals surface area contributed by atoms with Crippen LogP contribution in [0.3, 0.4) is 0 Å². The van der Waals surface area contributed by atoms with Crippen LogP contribution in [0.25, 0.3) is 15.2 Å². The summed E-state index contributed by atoms with van der Waals surface area (Å²) in [6.45, 7) is 0. The molecule has 0 radical (unpaired) electrons. The van der Waals surface area contributed by atoms with Gasteiger partial charge in [-0.1, -0.05) is 11.3 Å². The van der Waals surface area contributed by atoms with Crippen LogP contribution in [0, 0.1) is 0 Å². The van der Waals surface area contributed by atoms with Crippen LogP contribution in [0.2, 0.25) is 0 Å². The molecule has 0 aliphatic rings. The van der Waals surface area contributed by atoms with E-state index in [1.807, 2.05) is 0 Å². The molecule has 4 nitrogen and oxygen atoms in total. The van der Waals surface area contributed by atoms with E-state index in [0.717, 1.165) is 23.5 Å². The van der Waals surface area contributed by atoms with Crippen LogP contribution in [-0.2, 0) is 17.4 Å². The fourth-order valence-corrected chi connectivity index (χ4v) is 3.03. The summed E-state index contributed by atoms with van der Waals surface area (Å²) in [6, 6.07) is 3.45. The highest BCUT2D eigenvalue weighted by atomic mass is 32.1. The number of rotatable bonds is 2. The van der Waals surface area contributed by atoms with E-state index in [1.54, 1.807) is 4.40 Å². The molecule has 0 aliphatic carbocycles. The predicted molar refractivity (Wildman–Crippen MR) is 66.9 cm³/mol. The molecule has 0 saturated heterocycles. The Hall–Kier alpha value is -2.09. The molecule has 1 N–H and O–H groups in total. The first-order valence-corrected chi connectivity index (χ1v) is 6.36. The number of carboxylic acid groups (broad SMARTS) is 1. The summed E-state index contributed by atoms with van der Waals surface area (Å²) in [5, 5.41) is 8.70. The topological polar surface area (TPSA) is 54.6 Å². The predicted octanol–water partition coefficient (Wildman–Crippen LogP) is 3.19. The van der Waals surface area contributed by atoms with Gasteiger partial charge >= 0.3 is 12.1 Å². The second kappa shape index (κ2) is 4.20. The minimum atomic E-state index is -4.38. The largest absolute Gasteiger partial charge is 0.481 e. The van der Waals surface area contributed by atoms with E-state index < -0.39 is 17.7 Å². The van der Waals surface area contributed by atoms with Crippen molar-refractivity contribution in [1.29, 1.82) is 0 Å². The molecule has 3 aromatic rings. The third kappa shape index (κ3) is 2.11. The molecule has 20 heavy (non-hydrogen) atoms. The van der Waals surface area contributed by atoms with Crippen molar-refractivity contribution in [2.75, 3.05) is 0 Å². The molecule has 0 amide bonds. The van der Waals surface area contributed by atoms with Gasteiger partial charge in [0, 0.05) is 6.20 Å². The second-order valence-electron chi connectivity index (χ2n) is 4.24. The Bertz CT molecular complexity index is 819. The SMILES string of the molecule is O=C(O)Cc1cn2c(n1)sc1cc(C(F)(F)F)ccc12. The number of carboxylic acids is 1. The molecular weight excluding hydrogens is 293 g/mol.